The van der Waals surface area contributed by atoms with Gasteiger partial charge in [-0.3, -0.25) is 14.4 Å². The maximum atomic E-state index is 14.3. The van der Waals surface area contributed by atoms with E-state index in [4.69, 9.17) is 4.74 Å². The fraction of sp³-hybridized carbons (Fsp3) is 0.444. The Bertz CT molecular complexity index is 1220. The number of anilines is 2. The van der Waals surface area contributed by atoms with Crippen LogP contribution in [-0.4, -0.2) is 79.4 Å². The standard InChI is InChI=1S/C27H36FN5O4/c1-7-21-24(27(36)33(6)10-9-32(5)11-12-37-8-2)16(3)22(30-21)15-20-19-13-18(28)14-23(29-17(4)34)25(19)31-26(20)35/h13-15,30H,7-12H2,1-6H3,(H,29,34)(H,31,35)/b20-15-. The average Bonchev–Trinajstić information content (AvgIpc) is 3.33. The van der Waals surface area contributed by atoms with E-state index in [-0.39, 0.29) is 23.1 Å². The van der Waals surface area contributed by atoms with Gasteiger partial charge in [-0.25, -0.2) is 4.39 Å². The number of rotatable bonds is 11. The van der Waals surface area contributed by atoms with Crippen molar-refractivity contribution < 1.29 is 23.5 Å². The summed E-state index contributed by atoms with van der Waals surface area (Å²) in [6.07, 6.45) is 2.22. The van der Waals surface area contributed by atoms with Crippen LogP contribution >= 0.6 is 0 Å². The first-order valence-corrected chi connectivity index (χ1v) is 12.4. The lowest BCUT2D eigenvalue weighted by Crippen LogP contribution is -2.36. The number of ether oxygens (including phenoxy) is 1. The van der Waals surface area contributed by atoms with E-state index in [1.54, 1.807) is 18.0 Å². The molecule has 0 aliphatic carbocycles. The van der Waals surface area contributed by atoms with E-state index >= 15 is 0 Å². The third-order valence-electron chi connectivity index (χ3n) is 6.39. The third-order valence-corrected chi connectivity index (χ3v) is 6.39. The molecule has 1 aromatic heterocycles. The molecule has 0 saturated heterocycles. The number of halogens is 1. The minimum absolute atomic E-state index is 0.108. The van der Waals surface area contributed by atoms with Gasteiger partial charge in [-0.15, -0.1) is 0 Å². The SMILES string of the molecule is CCOCCN(C)CCN(C)C(=O)c1c(CC)[nH]c(/C=C2\C(=O)Nc3c(NC(C)=O)cc(F)cc32)c1C. The van der Waals surface area contributed by atoms with Gasteiger partial charge in [0.1, 0.15) is 5.82 Å². The number of amides is 3. The maximum Gasteiger partial charge on any atom is 0.256 e. The molecule has 9 nitrogen and oxygen atoms in total. The number of aromatic nitrogens is 1. The number of likely N-dealkylation sites (N-methyl/N-ethyl adjacent to an activating group) is 2. The van der Waals surface area contributed by atoms with E-state index < -0.39 is 11.7 Å². The number of nitrogens with zero attached hydrogens (tertiary/aromatic N) is 2. The fourth-order valence-electron chi connectivity index (χ4n) is 4.30. The quantitative estimate of drug-likeness (QED) is 0.315. The first-order valence-electron chi connectivity index (χ1n) is 12.4. The molecule has 0 spiro atoms. The van der Waals surface area contributed by atoms with Crippen molar-refractivity contribution >= 4 is 40.7 Å². The molecule has 0 saturated carbocycles. The van der Waals surface area contributed by atoms with Crippen molar-refractivity contribution in [1.29, 1.82) is 0 Å². The van der Waals surface area contributed by atoms with Crippen molar-refractivity contribution in [3.05, 3.63) is 46.0 Å². The summed E-state index contributed by atoms with van der Waals surface area (Å²) in [5, 5.41) is 5.28. The molecule has 0 atom stereocenters. The van der Waals surface area contributed by atoms with Crippen LogP contribution in [0.5, 0.6) is 0 Å². The Morgan fingerprint density at radius 3 is 2.54 bits per heavy atom. The average molecular weight is 514 g/mol. The molecule has 0 bridgehead atoms. The van der Waals surface area contributed by atoms with Crippen molar-refractivity contribution in [3.63, 3.8) is 0 Å². The highest BCUT2D eigenvalue weighted by atomic mass is 19.1. The van der Waals surface area contributed by atoms with Crippen LogP contribution in [0.15, 0.2) is 12.1 Å². The smallest absolute Gasteiger partial charge is 0.256 e. The normalized spacial score (nSPS) is 13.7. The molecule has 1 aliphatic rings. The number of aromatic amines is 1. The number of carbonyl (C=O) groups excluding carboxylic acids is 3. The van der Waals surface area contributed by atoms with Gasteiger partial charge in [0.05, 0.1) is 29.1 Å². The van der Waals surface area contributed by atoms with Gasteiger partial charge in [-0.05, 0) is 51.1 Å². The summed E-state index contributed by atoms with van der Waals surface area (Å²) in [6, 6.07) is 2.42. The Hall–Kier alpha value is -3.50. The van der Waals surface area contributed by atoms with Crippen LogP contribution in [0.2, 0.25) is 0 Å². The molecular weight excluding hydrogens is 477 g/mol. The predicted octanol–water partition coefficient (Wildman–Crippen LogP) is 3.52. The monoisotopic (exact) mass is 513 g/mol. The van der Waals surface area contributed by atoms with Gasteiger partial charge < -0.3 is 30.2 Å². The molecule has 200 valence electrons. The second kappa shape index (κ2) is 12.2. The van der Waals surface area contributed by atoms with Gasteiger partial charge in [-0.1, -0.05) is 6.92 Å². The second-order valence-electron chi connectivity index (χ2n) is 9.17. The van der Waals surface area contributed by atoms with E-state index in [2.05, 4.69) is 20.5 Å². The largest absolute Gasteiger partial charge is 0.380 e. The Morgan fingerprint density at radius 1 is 1.16 bits per heavy atom. The summed E-state index contributed by atoms with van der Waals surface area (Å²) in [5.74, 6) is -1.48. The van der Waals surface area contributed by atoms with E-state index in [0.717, 1.165) is 12.2 Å². The predicted molar refractivity (Wildman–Crippen MR) is 143 cm³/mol. The first-order chi connectivity index (χ1) is 17.6. The minimum atomic E-state index is -0.578. The van der Waals surface area contributed by atoms with Gasteiger partial charge in [0.15, 0.2) is 0 Å². The van der Waals surface area contributed by atoms with Gasteiger partial charge in [-0.2, -0.15) is 0 Å². The summed E-state index contributed by atoms with van der Waals surface area (Å²) < 4.78 is 19.7. The van der Waals surface area contributed by atoms with Crippen LogP contribution in [0.4, 0.5) is 15.8 Å². The number of hydrogen-bond donors (Lipinski definition) is 3. The molecule has 10 heteroatoms. The maximum absolute atomic E-state index is 14.3. The molecule has 0 unspecified atom stereocenters. The summed E-state index contributed by atoms with van der Waals surface area (Å²) in [4.78, 5) is 44.9. The van der Waals surface area contributed by atoms with Crippen LogP contribution in [0.3, 0.4) is 0 Å². The number of H-pyrrole nitrogens is 1. The number of aryl methyl sites for hydroxylation is 1. The van der Waals surface area contributed by atoms with Gasteiger partial charge in [0.25, 0.3) is 11.8 Å². The van der Waals surface area contributed by atoms with E-state index in [1.807, 2.05) is 27.8 Å². The van der Waals surface area contributed by atoms with E-state index in [1.165, 1.54) is 19.1 Å². The van der Waals surface area contributed by atoms with Crippen LogP contribution in [0.25, 0.3) is 11.6 Å². The molecule has 37 heavy (non-hydrogen) atoms. The van der Waals surface area contributed by atoms with Crippen LogP contribution in [-0.2, 0) is 20.7 Å². The topological polar surface area (TPSA) is 107 Å². The zero-order valence-electron chi connectivity index (χ0n) is 22.4. The molecular formula is C27H36FN5O4. The van der Waals surface area contributed by atoms with Gasteiger partial charge >= 0.3 is 0 Å². The Balaban J connectivity index is 1.88. The van der Waals surface area contributed by atoms with Crippen LogP contribution in [0.1, 0.15) is 53.6 Å². The van der Waals surface area contributed by atoms with Crippen molar-refractivity contribution in [3.8, 4) is 0 Å². The minimum Gasteiger partial charge on any atom is -0.380 e. The zero-order chi connectivity index (χ0) is 27.3. The fourth-order valence-corrected chi connectivity index (χ4v) is 4.30. The highest BCUT2D eigenvalue weighted by Crippen LogP contribution is 2.39. The molecule has 3 amide bonds. The lowest BCUT2D eigenvalue weighted by Gasteiger charge is -2.22. The number of fused-ring (bicyclic) bond motifs is 1. The summed E-state index contributed by atoms with van der Waals surface area (Å²) >= 11 is 0. The Morgan fingerprint density at radius 2 is 1.89 bits per heavy atom. The Kier molecular flexibility index (Phi) is 9.23. The summed E-state index contributed by atoms with van der Waals surface area (Å²) in [5.41, 5.74) is 3.79. The summed E-state index contributed by atoms with van der Waals surface area (Å²) in [6.45, 7) is 10.4. The molecule has 0 fully saturated rings. The number of hydrogen-bond acceptors (Lipinski definition) is 5. The van der Waals surface area contributed by atoms with Crippen molar-refractivity contribution in [2.75, 3.05) is 57.6 Å². The van der Waals surface area contributed by atoms with Gasteiger partial charge in [0.2, 0.25) is 5.91 Å². The Labute approximate surface area is 217 Å². The van der Waals surface area contributed by atoms with E-state index in [9.17, 15) is 18.8 Å². The van der Waals surface area contributed by atoms with Crippen LogP contribution in [0, 0.1) is 12.7 Å². The first kappa shape index (κ1) is 28.1. The van der Waals surface area contributed by atoms with E-state index in [0.29, 0.717) is 60.8 Å². The lowest BCUT2D eigenvalue weighted by molar-refractivity contribution is -0.114. The third kappa shape index (κ3) is 6.44. The molecule has 3 rings (SSSR count). The van der Waals surface area contributed by atoms with Crippen molar-refractivity contribution in [2.24, 2.45) is 0 Å². The lowest BCUT2D eigenvalue weighted by atomic mass is 10.0. The molecule has 1 aromatic carbocycles. The van der Waals surface area contributed by atoms with Crippen molar-refractivity contribution in [1.82, 2.24) is 14.8 Å². The highest BCUT2D eigenvalue weighted by Gasteiger charge is 2.29. The summed E-state index contributed by atoms with van der Waals surface area (Å²) in [7, 11) is 3.76. The molecule has 2 heterocycles. The van der Waals surface area contributed by atoms with Crippen molar-refractivity contribution in [2.45, 2.75) is 34.1 Å². The molecule has 1 aliphatic heterocycles. The van der Waals surface area contributed by atoms with Gasteiger partial charge in [0, 0.05) is 57.2 Å². The molecule has 3 N–H and O–H groups in total. The second-order valence-corrected chi connectivity index (χ2v) is 9.17. The zero-order valence-corrected chi connectivity index (χ0v) is 22.4. The van der Waals surface area contributed by atoms with Crippen LogP contribution < -0.4 is 10.6 Å². The number of nitrogens with one attached hydrogen (secondary N) is 3. The highest BCUT2D eigenvalue weighted by molar-refractivity contribution is 6.36. The number of benzene rings is 1. The number of carbonyl (C=O) groups is 3. The molecule has 2 aromatic rings. The molecule has 0 radical (unpaired) electrons.